The lowest BCUT2D eigenvalue weighted by Gasteiger charge is -2.03. The first-order chi connectivity index (χ1) is 11.3. The molecule has 0 saturated heterocycles. The van der Waals surface area contributed by atoms with E-state index in [2.05, 4.69) is 27.1 Å². The summed E-state index contributed by atoms with van der Waals surface area (Å²) in [6.07, 6.45) is 3.50. The highest BCUT2D eigenvalue weighted by molar-refractivity contribution is 6.06. The minimum Gasteiger partial charge on any atom is -0.497 e. The van der Waals surface area contributed by atoms with Gasteiger partial charge in [0.05, 0.1) is 18.8 Å². The van der Waals surface area contributed by atoms with Crippen LogP contribution < -0.4 is 4.74 Å². The van der Waals surface area contributed by atoms with E-state index in [1.54, 1.807) is 19.4 Å². The van der Waals surface area contributed by atoms with Crippen LogP contribution in [-0.4, -0.2) is 22.1 Å². The first-order valence-electron chi connectivity index (χ1n) is 7.10. The van der Waals surface area contributed by atoms with Gasteiger partial charge < -0.3 is 9.72 Å². The fraction of sp³-hybridized carbons (Fsp3) is 0.0556. The molecule has 0 spiro atoms. The number of pyridine rings is 2. The van der Waals surface area contributed by atoms with Crippen LogP contribution >= 0.6 is 0 Å². The number of hydrogen-bond acceptors (Lipinski definition) is 4. The Morgan fingerprint density at radius 2 is 1.83 bits per heavy atom. The summed E-state index contributed by atoms with van der Waals surface area (Å²) in [6, 6.07) is 13.8. The zero-order chi connectivity index (χ0) is 15.8. The summed E-state index contributed by atoms with van der Waals surface area (Å²) in [4.78, 5) is 11.8. The molecule has 5 nitrogen and oxygen atoms in total. The molecule has 3 aromatic heterocycles. The Morgan fingerprint density at radius 1 is 1.00 bits per heavy atom. The number of rotatable bonds is 2. The van der Waals surface area contributed by atoms with E-state index >= 15 is 0 Å². The molecule has 0 aliphatic heterocycles. The van der Waals surface area contributed by atoms with E-state index in [4.69, 9.17) is 10.00 Å². The van der Waals surface area contributed by atoms with Crippen molar-refractivity contribution in [2.45, 2.75) is 0 Å². The van der Waals surface area contributed by atoms with Gasteiger partial charge in [0.1, 0.15) is 23.2 Å². The number of nitrogens with one attached hydrogen (secondary N) is 1. The van der Waals surface area contributed by atoms with E-state index in [0.717, 1.165) is 38.8 Å². The Labute approximate surface area is 132 Å². The molecule has 0 saturated carbocycles. The average Bonchev–Trinajstić information content (AvgIpc) is 2.98. The van der Waals surface area contributed by atoms with Crippen LogP contribution in [0.3, 0.4) is 0 Å². The molecule has 0 atom stereocenters. The molecule has 1 N–H and O–H groups in total. The van der Waals surface area contributed by atoms with Crippen molar-refractivity contribution in [1.29, 1.82) is 5.26 Å². The summed E-state index contributed by atoms with van der Waals surface area (Å²) in [6.45, 7) is 0. The molecule has 1 aromatic carbocycles. The normalized spacial score (nSPS) is 10.8. The Morgan fingerprint density at radius 3 is 2.57 bits per heavy atom. The van der Waals surface area contributed by atoms with Gasteiger partial charge in [-0.25, -0.2) is 9.97 Å². The van der Waals surface area contributed by atoms with Crippen molar-refractivity contribution in [2.24, 2.45) is 0 Å². The number of nitriles is 1. The molecule has 23 heavy (non-hydrogen) atoms. The zero-order valence-corrected chi connectivity index (χ0v) is 12.4. The molecular weight excluding hydrogens is 288 g/mol. The number of hydrogen-bond donors (Lipinski definition) is 1. The molecule has 0 amide bonds. The van der Waals surface area contributed by atoms with Gasteiger partial charge in [0.15, 0.2) is 0 Å². The van der Waals surface area contributed by atoms with Crippen LogP contribution in [0.2, 0.25) is 0 Å². The van der Waals surface area contributed by atoms with Crippen LogP contribution in [0.25, 0.3) is 33.1 Å². The second-order valence-electron chi connectivity index (χ2n) is 5.20. The summed E-state index contributed by atoms with van der Waals surface area (Å²) in [5, 5.41) is 11.0. The van der Waals surface area contributed by atoms with E-state index < -0.39 is 0 Å². The largest absolute Gasteiger partial charge is 0.497 e. The Balaban J connectivity index is 1.91. The molecular formula is C18H12N4O. The van der Waals surface area contributed by atoms with Gasteiger partial charge in [0.2, 0.25) is 0 Å². The Kier molecular flexibility index (Phi) is 2.95. The Hall–Kier alpha value is -3.39. The number of aromatic amines is 1. The van der Waals surface area contributed by atoms with Crippen molar-refractivity contribution in [3.63, 3.8) is 0 Å². The second kappa shape index (κ2) is 5.11. The molecule has 0 radical (unpaired) electrons. The van der Waals surface area contributed by atoms with Gasteiger partial charge >= 0.3 is 0 Å². The van der Waals surface area contributed by atoms with Crippen molar-refractivity contribution >= 4 is 21.9 Å². The molecule has 110 valence electrons. The van der Waals surface area contributed by atoms with Gasteiger partial charge in [-0.2, -0.15) is 5.26 Å². The number of nitrogens with zero attached hydrogens (tertiary/aromatic N) is 3. The van der Waals surface area contributed by atoms with E-state index in [1.807, 2.05) is 30.5 Å². The second-order valence-corrected chi connectivity index (χ2v) is 5.20. The molecule has 0 bridgehead atoms. The first kappa shape index (κ1) is 13.3. The van der Waals surface area contributed by atoms with Gasteiger partial charge in [-0.1, -0.05) is 12.1 Å². The Bertz CT molecular complexity index is 1060. The summed E-state index contributed by atoms with van der Waals surface area (Å²) in [7, 11) is 1.65. The van der Waals surface area contributed by atoms with Crippen LogP contribution in [-0.2, 0) is 0 Å². The third kappa shape index (κ3) is 2.17. The lowest BCUT2D eigenvalue weighted by atomic mass is 10.1. The van der Waals surface area contributed by atoms with Gasteiger partial charge in [0.25, 0.3) is 0 Å². The summed E-state index contributed by atoms with van der Waals surface area (Å²) >= 11 is 0. The van der Waals surface area contributed by atoms with Crippen molar-refractivity contribution < 1.29 is 4.74 Å². The van der Waals surface area contributed by atoms with Gasteiger partial charge in [-0.3, -0.25) is 0 Å². The number of fused-ring (bicyclic) bond motifs is 3. The number of aromatic nitrogens is 3. The number of H-pyrrole nitrogens is 1. The highest BCUT2D eigenvalue weighted by Gasteiger charge is 2.09. The van der Waals surface area contributed by atoms with Crippen LogP contribution in [0, 0.1) is 11.3 Å². The third-order valence-corrected chi connectivity index (χ3v) is 3.87. The summed E-state index contributed by atoms with van der Waals surface area (Å²) in [5.41, 5.74) is 4.13. The quantitative estimate of drug-likeness (QED) is 0.613. The minimum atomic E-state index is 0.397. The molecule has 0 unspecified atom stereocenters. The van der Waals surface area contributed by atoms with E-state index in [-0.39, 0.29) is 0 Å². The molecule has 0 fully saturated rings. The molecule has 5 heteroatoms. The predicted octanol–water partition coefficient (Wildman–Crippen LogP) is 3.66. The van der Waals surface area contributed by atoms with Gasteiger partial charge in [0, 0.05) is 22.5 Å². The predicted molar refractivity (Wildman–Crippen MR) is 88.1 cm³/mol. The van der Waals surface area contributed by atoms with E-state index in [0.29, 0.717) is 5.69 Å². The zero-order valence-electron chi connectivity index (χ0n) is 12.4. The summed E-state index contributed by atoms with van der Waals surface area (Å²) in [5.74, 6) is 0.819. The maximum absolute atomic E-state index is 9.04. The molecule has 3 heterocycles. The standard InChI is InChI=1S/C18H12N4O/c1-23-14-4-2-11(3-5-14)12-6-16-15-7-13(8-19)20-10-17(15)22-18(16)21-9-12/h2-7,9-10H,1H3,(H,21,22). The summed E-state index contributed by atoms with van der Waals surface area (Å²) < 4.78 is 5.19. The van der Waals surface area contributed by atoms with Crippen LogP contribution in [0.15, 0.2) is 48.8 Å². The van der Waals surface area contributed by atoms with Crippen LogP contribution in [0.5, 0.6) is 5.75 Å². The lowest BCUT2D eigenvalue weighted by molar-refractivity contribution is 0.415. The van der Waals surface area contributed by atoms with Crippen LogP contribution in [0.4, 0.5) is 0 Å². The fourth-order valence-corrected chi connectivity index (χ4v) is 2.68. The number of methoxy groups -OCH3 is 1. The average molecular weight is 300 g/mol. The maximum Gasteiger partial charge on any atom is 0.141 e. The SMILES string of the molecule is COc1ccc(-c2cnc3[nH]c4cnc(C#N)cc4c3c2)cc1. The van der Waals surface area contributed by atoms with E-state index in [1.165, 1.54) is 0 Å². The lowest BCUT2D eigenvalue weighted by Crippen LogP contribution is -1.84. The van der Waals surface area contributed by atoms with Crippen molar-refractivity contribution in [2.75, 3.05) is 7.11 Å². The minimum absolute atomic E-state index is 0.397. The van der Waals surface area contributed by atoms with Crippen LogP contribution in [0.1, 0.15) is 5.69 Å². The molecule has 0 aliphatic carbocycles. The van der Waals surface area contributed by atoms with Crippen molar-refractivity contribution in [3.05, 3.63) is 54.5 Å². The van der Waals surface area contributed by atoms with Crippen molar-refractivity contribution in [1.82, 2.24) is 15.0 Å². The first-order valence-corrected chi connectivity index (χ1v) is 7.10. The third-order valence-electron chi connectivity index (χ3n) is 3.87. The topological polar surface area (TPSA) is 74.6 Å². The van der Waals surface area contributed by atoms with Crippen molar-refractivity contribution in [3.8, 4) is 22.9 Å². The smallest absolute Gasteiger partial charge is 0.141 e. The molecule has 0 aliphatic rings. The van der Waals surface area contributed by atoms with E-state index in [9.17, 15) is 0 Å². The number of benzene rings is 1. The molecule has 4 rings (SSSR count). The fourth-order valence-electron chi connectivity index (χ4n) is 2.68. The highest BCUT2D eigenvalue weighted by Crippen LogP contribution is 2.29. The highest BCUT2D eigenvalue weighted by atomic mass is 16.5. The van der Waals surface area contributed by atoms with Gasteiger partial charge in [-0.05, 0) is 29.8 Å². The number of ether oxygens (including phenoxy) is 1. The monoisotopic (exact) mass is 300 g/mol. The van der Waals surface area contributed by atoms with Gasteiger partial charge in [-0.15, -0.1) is 0 Å². The molecule has 4 aromatic rings. The maximum atomic E-state index is 9.04.